The summed E-state index contributed by atoms with van der Waals surface area (Å²) < 4.78 is 15.6. The van der Waals surface area contributed by atoms with Crippen LogP contribution >= 0.6 is 8.60 Å². The highest BCUT2D eigenvalue weighted by molar-refractivity contribution is 7.41. The smallest absolute Gasteiger partial charge is 0.332 e. The van der Waals surface area contributed by atoms with Crippen molar-refractivity contribution in [3.8, 4) is 0 Å². The van der Waals surface area contributed by atoms with Gasteiger partial charge in [0.1, 0.15) is 0 Å². The van der Waals surface area contributed by atoms with Crippen molar-refractivity contribution < 1.29 is 18.4 Å². The summed E-state index contributed by atoms with van der Waals surface area (Å²) in [6.45, 7) is 2.01. The minimum atomic E-state index is -1.18. The topological polar surface area (TPSA) is 56.8 Å². The Labute approximate surface area is 101 Å². The molecule has 1 saturated heterocycles. The third-order valence-electron chi connectivity index (χ3n) is 2.10. The van der Waals surface area contributed by atoms with Crippen molar-refractivity contribution in [1.82, 2.24) is 5.32 Å². The number of carbonyl (C=O) groups excluding carboxylic acids is 1. The molecule has 1 N–H and O–H groups in total. The van der Waals surface area contributed by atoms with E-state index < -0.39 is 8.60 Å². The predicted molar refractivity (Wildman–Crippen MR) is 63.6 cm³/mol. The van der Waals surface area contributed by atoms with Gasteiger partial charge in [-0.3, -0.25) is 4.79 Å². The van der Waals surface area contributed by atoms with Crippen LogP contribution in [-0.4, -0.2) is 32.3 Å². The third kappa shape index (κ3) is 4.06. The number of amides is 1. The van der Waals surface area contributed by atoms with E-state index in [1.165, 1.54) is 0 Å². The Morgan fingerprint density at radius 2 is 2.00 bits per heavy atom. The van der Waals surface area contributed by atoms with Crippen molar-refractivity contribution in [2.45, 2.75) is 0 Å². The SMILES string of the molecule is O=C(NCCOP1OCCO1)c1ccccc1. The summed E-state index contributed by atoms with van der Waals surface area (Å²) in [7, 11) is -1.18. The summed E-state index contributed by atoms with van der Waals surface area (Å²) in [5, 5.41) is 2.76. The van der Waals surface area contributed by atoms with Crippen molar-refractivity contribution in [3.05, 3.63) is 35.9 Å². The molecule has 2 rings (SSSR count). The first-order chi connectivity index (χ1) is 8.36. The Balaban J connectivity index is 1.63. The average Bonchev–Trinajstić information content (AvgIpc) is 2.88. The first kappa shape index (κ1) is 12.5. The standard InChI is InChI=1S/C11H14NO4P/c13-11(10-4-2-1-3-5-10)12-6-7-14-17-15-8-9-16-17/h1-5H,6-9H2,(H,12,13). The molecular formula is C11H14NO4P. The van der Waals surface area contributed by atoms with Crippen LogP contribution in [0.2, 0.25) is 0 Å². The van der Waals surface area contributed by atoms with E-state index in [0.29, 0.717) is 31.9 Å². The largest absolute Gasteiger partial charge is 0.350 e. The lowest BCUT2D eigenvalue weighted by Gasteiger charge is -2.08. The van der Waals surface area contributed by atoms with Crippen LogP contribution in [0.15, 0.2) is 30.3 Å². The lowest BCUT2D eigenvalue weighted by Crippen LogP contribution is -2.26. The zero-order valence-electron chi connectivity index (χ0n) is 9.30. The predicted octanol–water partition coefficient (Wildman–Crippen LogP) is 1.71. The summed E-state index contributed by atoms with van der Waals surface area (Å²) in [6, 6.07) is 9.06. The normalized spacial score (nSPS) is 16.0. The summed E-state index contributed by atoms with van der Waals surface area (Å²) in [5.74, 6) is -0.102. The van der Waals surface area contributed by atoms with Crippen LogP contribution < -0.4 is 5.32 Å². The molecule has 1 heterocycles. The molecule has 0 saturated carbocycles. The van der Waals surface area contributed by atoms with Crippen LogP contribution in [0.3, 0.4) is 0 Å². The Morgan fingerprint density at radius 1 is 1.29 bits per heavy atom. The fourth-order valence-electron chi connectivity index (χ4n) is 1.31. The molecule has 17 heavy (non-hydrogen) atoms. The van der Waals surface area contributed by atoms with Gasteiger partial charge in [-0.05, 0) is 12.1 Å². The maximum absolute atomic E-state index is 11.6. The van der Waals surface area contributed by atoms with Gasteiger partial charge in [-0.2, -0.15) is 0 Å². The first-order valence-electron chi connectivity index (χ1n) is 5.38. The van der Waals surface area contributed by atoms with Crippen molar-refractivity contribution in [2.75, 3.05) is 26.4 Å². The molecule has 0 bridgehead atoms. The van der Waals surface area contributed by atoms with Crippen molar-refractivity contribution in [1.29, 1.82) is 0 Å². The number of carbonyl (C=O) groups is 1. The van der Waals surface area contributed by atoms with E-state index >= 15 is 0 Å². The van der Waals surface area contributed by atoms with E-state index in [9.17, 15) is 4.79 Å². The van der Waals surface area contributed by atoms with Gasteiger partial charge in [0.25, 0.3) is 5.91 Å². The maximum atomic E-state index is 11.6. The van der Waals surface area contributed by atoms with E-state index in [1.54, 1.807) is 12.1 Å². The lowest BCUT2D eigenvalue weighted by molar-refractivity contribution is 0.0945. The van der Waals surface area contributed by atoms with Gasteiger partial charge < -0.3 is 18.9 Å². The van der Waals surface area contributed by atoms with Gasteiger partial charge in [0, 0.05) is 12.1 Å². The minimum absolute atomic E-state index is 0.102. The monoisotopic (exact) mass is 255 g/mol. The molecule has 0 atom stereocenters. The lowest BCUT2D eigenvalue weighted by atomic mass is 10.2. The van der Waals surface area contributed by atoms with Crippen molar-refractivity contribution in [2.24, 2.45) is 0 Å². The van der Waals surface area contributed by atoms with E-state index in [4.69, 9.17) is 13.6 Å². The summed E-state index contributed by atoms with van der Waals surface area (Å²) >= 11 is 0. The van der Waals surface area contributed by atoms with Gasteiger partial charge in [-0.15, -0.1) is 0 Å². The molecule has 92 valence electrons. The Bertz CT molecular complexity index is 354. The first-order valence-corrected chi connectivity index (χ1v) is 6.48. The minimum Gasteiger partial charge on any atom is -0.350 e. The highest BCUT2D eigenvalue weighted by Crippen LogP contribution is 2.42. The Morgan fingerprint density at radius 3 is 2.71 bits per heavy atom. The molecule has 1 amide bonds. The number of rotatable bonds is 5. The molecule has 5 nitrogen and oxygen atoms in total. The molecule has 0 aliphatic carbocycles. The van der Waals surface area contributed by atoms with E-state index in [-0.39, 0.29) is 5.91 Å². The molecule has 1 aromatic rings. The average molecular weight is 255 g/mol. The Kier molecular flexibility index (Phi) is 4.88. The molecule has 1 aromatic carbocycles. The van der Waals surface area contributed by atoms with Crippen molar-refractivity contribution in [3.63, 3.8) is 0 Å². The highest BCUT2D eigenvalue weighted by atomic mass is 31.2. The van der Waals surface area contributed by atoms with E-state index in [1.807, 2.05) is 18.2 Å². The second kappa shape index (κ2) is 6.67. The van der Waals surface area contributed by atoms with Gasteiger partial charge in [0.15, 0.2) is 0 Å². The van der Waals surface area contributed by atoms with Gasteiger partial charge in [0.05, 0.1) is 19.8 Å². The fourth-order valence-corrected chi connectivity index (χ4v) is 2.22. The van der Waals surface area contributed by atoms with Crippen LogP contribution in [0.25, 0.3) is 0 Å². The summed E-state index contributed by atoms with van der Waals surface area (Å²) in [6.07, 6.45) is 0. The molecule has 0 unspecified atom stereocenters. The summed E-state index contributed by atoms with van der Waals surface area (Å²) in [5.41, 5.74) is 0.645. The molecular weight excluding hydrogens is 241 g/mol. The molecule has 0 aromatic heterocycles. The van der Waals surface area contributed by atoms with Gasteiger partial charge in [-0.25, -0.2) is 0 Å². The number of benzene rings is 1. The number of hydrogen-bond donors (Lipinski definition) is 1. The van der Waals surface area contributed by atoms with Crippen LogP contribution in [0.1, 0.15) is 10.4 Å². The quantitative estimate of drug-likeness (QED) is 0.642. The second-order valence-electron chi connectivity index (χ2n) is 3.35. The molecule has 1 aliphatic rings. The van der Waals surface area contributed by atoms with E-state index in [0.717, 1.165) is 0 Å². The van der Waals surface area contributed by atoms with Gasteiger partial charge in [-0.1, -0.05) is 18.2 Å². The molecule has 6 heteroatoms. The van der Waals surface area contributed by atoms with Crippen LogP contribution in [0, 0.1) is 0 Å². The second-order valence-corrected chi connectivity index (χ2v) is 4.57. The van der Waals surface area contributed by atoms with Crippen molar-refractivity contribution >= 4 is 14.5 Å². The van der Waals surface area contributed by atoms with Crippen LogP contribution in [-0.2, 0) is 13.6 Å². The fraction of sp³-hybridized carbons (Fsp3) is 0.364. The zero-order valence-corrected chi connectivity index (χ0v) is 10.2. The highest BCUT2D eigenvalue weighted by Gasteiger charge is 2.18. The maximum Gasteiger partial charge on any atom is 0.332 e. The number of nitrogens with one attached hydrogen (secondary N) is 1. The third-order valence-corrected chi connectivity index (χ3v) is 3.28. The number of hydrogen-bond acceptors (Lipinski definition) is 4. The Hall–Kier alpha value is -1.00. The van der Waals surface area contributed by atoms with E-state index in [2.05, 4.69) is 5.32 Å². The van der Waals surface area contributed by atoms with Gasteiger partial charge >= 0.3 is 8.60 Å². The van der Waals surface area contributed by atoms with Gasteiger partial charge in [0.2, 0.25) is 0 Å². The molecule has 1 fully saturated rings. The molecule has 1 aliphatic heterocycles. The van der Waals surface area contributed by atoms with Crippen LogP contribution in [0.4, 0.5) is 0 Å². The summed E-state index contributed by atoms with van der Waals surface area (Å²) in [4.78, 5) is 11.6. The van der Waals surface area contributed by atoms with Crippen LogP contribution in [0.5, 0.6) is 0 Å². The zero-order chi connectivity index (χ0) is 11.9. The molecule has 0 spiro atoms. The molecule has 0 radical (unpaired) electrons.